The summed E-state index contributed by atoms with van der Waals surface area (Å²) in [6.07, 6.45) is 0. The van der Waals surface area contributed by atoms with Crippen molar-refractivity contribution in [1.82, 2.24) is 0 Å². The number of nitrogens with zero attached hydrogens (tertiary/aromatic N) is 1. The van der Waals surface area contributed by atoms with Crippen LogP contribution in [0.15, 0.2) is 53.7 Å². The maximum absolute atomic E-state index is 12.3. The summed E-state index contributed by atoms with van der Waals surface area (Å²) in [6, 6.07) is 12.1. The minimum atomic E-state index is -0.656. The molecule has 0 spiro atoms. The van der Waals surface area contributed by atoms with Gasteiger partial charge in [0.1, 0.15) is 24.8 Å². The van der Waals surface area contributed by atoms with Gasteiger partial charge in [0.2, 0.25) is 0 Å². The van der Waals surface area contributed by atoms with Gasteiger partial charge in [0.25, 0.3) is 0 Å². The van der Waals surface area contributed by atoms with Gasteiger partial charge >= 0.3 is 11.9 Å². The molecule has 158 valence electrons. The lowest BCUT2D eigenvalue weighted by atomic mass is 10.1. The molecule has 0 N–H and O–H groups in total. The zero-order valence-electron chi connectivity index (χ0n) is 16.3. The third kappa shape index (κ3) is 4.87. The summed E-state index contributed by atoms with van der Waals surface area (Å²) < 4.78 is 20.8. The van der Waals surface area contributed by atoms with E-state index < -0.39 is 11.9 Å². The summed E-state index contributed by atoms with van der Waals surface area (Å²) in [5, 5.41) is 1.07. The Morgan fingerprint density at radius 1 is 1.03 bits per heavy atom. The lowest BCUT2D eigenvalue weighted by Crippen LogP contribution is -2.38. The highest BCUT2D eigenvalue weighted by Crippen LogP contribution is 2.29. The van der Waals surface area contributed by atoms with Crippen LogP contribution in [0.5, 0.6) is 5.75 Å². The predicted octanol–water partition coefficient (Wildman–Crippen LogP) is 3.97. The summed E-state index contributed by atoms with van der Waals surface area (Å²) >= 11 is 12.1. The second-order valence-corrected chi connectivity index (χ2v) is 7.08. The molecule has 0 radical (unpaired) electrons. The maximum atomic E-state index is 12.3. The number of ether oxygens (including phenoxy) is 4. The lowest BCUT2D eigenvalue weighted by molar-refractivity contribution is -0.140. The SMILES string of the molecule is COC(=O)C1=C(C(=O)OC)N(c2ccc(OCc3ccc(Cl)cc3Cl)cc2)COC1. The number of carbonyl (C=O) groups excluding carboxylic acids is 2. The topological polar surface area (TPSA) is 74.3 Å². The summed E-state index contributed by atoms with van der Waals surface area (Å²) in [6.45, 7) is 0.296. The zero-order valence-corrected chi connectivity index (χ0v) is 17.8. The van der Waals surface area contributed by atoms with Crippen molar-refractivity contribution in [2.24, 2.45) is 0 Å². The molecule has 0 saturated heterocycles. The Kier molecular flexibility index (Phi) is 7.20. The quantitative estimate of drug-likeness (QED) is 0.615. The fourth-order valence-corrected chi connectivity index (χ4v) is 3.33. The smallest absolute Gasteiger partial charge is 0.355 e. The highest BCUT2D eigenvalue weighted by Gasteiger charge is 2.32. The molecule has 0 bridgehead atoms. The Morgan fingerprint density at radius 3 is 2.37 bits per heavy atom. The van der Waals surface area contributed by atoms with Crippen LogP contribution >= 0.6 is 23.2 Å². The van der Waals surface area contributed by atoms with Gasteiger partial charge < -0.3 is 23.8 Å². The first-order valence-corrected chi connectivity index (χ1v) is 9.62. The Morgan fingerprint density at radius 2 is 1.73 bits per heavy atom. The van der Waals surface area contributed by atoms with Crippen molar-refractivity contribution in [3.63, 3.8) is 0 Å². The fraction of sp³-hybridized carbons (Fsp3) is 0.238. The van der Waals surface area contributed by atoms with Gasteiger partial charge in [0.05, 0.1) is 26.4 Å². The van der Waals surface area contributed by atoms with Gasteiger partial charge in [-0.3, -0.25) is 0 Å². The largest absolute Gasteiger partial charge is 0.489 e. The van der Waals surface area contributed by atoms with E-state index >= 15 is 0 Å². The van der Waals surface area contributed by atoms with Gasteiger partial charge in [-0.2, -0.15) is 0 Å². The molecular formula is C21H19Cl2NO6. The number of hydrogen-bond donors (Lipinski definition) is 0. The van der Waals surface area contributed by atoms with E-state index in [0.717, 1.165) is 5.56 Å². The molecule has 0 aromatic heterocycles. The van der Waals surface area contributed by atoms with Crippen molar-refractivity contribution in [1.29, 1.82) is 0 Å². The van der Waals surface area contributed by atoms with Crippen molar-refractivity contribution < 1.29 is 28.5 Å². The van der Waals surface area contributed by atoms with E-state index in [4.69, 9.17) is 42.1 Å². The van der Waals surface area contributed by atoms with Crippen LogP contribution in [0.25, 0.3) is 0 Å². The number of hydrogen-bond acceptors (Lipinski definition) is 7. The van der Waals surface area contributed by atoms with Crippen molar-refractivity contribution >= 4 is 40.8 Å². The second kappa shape index (κ2) is 9.84. The summed E-state index contributed by atoms with van der Waals surface area (Å²) in [5.74, 6) is -0.712. The number of benzene rings is 2. The Labute approximate surface area is 183 Å². The lowest BCUT2D eigenvalue weighted by Gasteiger charge is -2.31. The standard InChI is InChI=1S/C21H19Cl2NO6/c1-27-20(25)17-11-29-12-24(19(17)21(26)28-2)15-5-7-16(8-6-15)30-10-13-3-4-14(22)9-18(13)23/h3-9H,10-12H2,1-2H3. The summed E-state index contributed by atoms with van der Waals surface area (Å²) in [7, 11) is 2.49. The molecule has 0 atom stereocenters. The van der Waals surface area contributed by atoms with E-state index in [-0.39, 0.29) is 31.2 Å². The van der Waals surface area contributed by atoms with Gasteiger partial charge in [0.15, 0.2) is 0 Å². The molecule has 30 heavy (non-hydrogen) atoms. The molecular weight excluding hydrogens is 433 g/mol. The Hall–Kier alpha value is -2.74. The van der Waals surface area contributed by atoms with E-state index in [1.165, 1.54) is 14.2 Å². The maximum Gasteiger partial charge on any atom is 0.355 e. The van der Waals surface area contributed by atoms with Crippen molar-refractivity contribution in [3.05, 3.63) is 69.3 Å². The van der Waals surface area contributed by atoms with Gasteiger partial charge in [0, 0.05) is 21.3 Å². The number of anilines is 1. The van der Waals surface area contributed by atoms with Crippen LogP contribution in [-0.4, -0.2) is 39.5 Å². The highest BCUT2D eigenvalue weighted by molar-refractivity contribution is 6.35. The van der Waals surface area contributed by atoms with E-state index in [9.17, 15) is 9.59 Å². The van der Waals surface area contributed by atoms with E-state index in [0.29, 0.717) is 21.5 Å². The molecule has 0 aliphatic carbocycles. The average molecular weight is 452 g/mol. The van der Waals surface area contributed by atoms with Gasteiger partial charge in [-0.25, -0.2) is 9.59 Å². The summed E-state index contributed by atoms with van der Waals surface area (Å²) in [5.41, 5.74) is 1.59. The first-order chi connectivity index (χ1) is 14.4. The Balaban J connectivity index is 1.80. The van der Waals surface area contributed by atoms with E-state index in [2.05, 4.69) is 0 Å². The van der Waals surface area contributed by atoms with Crippen molar-refractivity contribution in [3.8, 4) is 5.75 Å². The predicted molar refractivity (Wildman–Crippen MR) is 112 cm³/mol. The molecule has 1 aliphatic heterocycles. The number of carbonyl (C=O) groups is 2. The first-order valence-electron chi connectivity index (χ1n) is 8.86. The van der Waals surface area contributed by atoms with Crippen molar-refractivity contribution in [2.45, 2.75) is 6.61 Å². The van der Waals surface area contributed by atoms with Crippen LogP contribution in [0, 0.1) is 0 Å². The zero-order chi connectivity index (χ0) is 21.7. The van der Waals surface area contributed by atoms with Crippen LogP contribution in [-0.2, 0) is 30.4 Å². The molecule has 0 fully saturated rings. The van der Waals surface area contributed by atoms with E-state index in [1.807, 2.05) is 0 Å². The van der Waals surface area contributed by atoms with Gasteiger partial charge in [-0.1, -0.05) is 29.3 Å². The van der Waals surface area contributed by atoms with Crippen molar-refractivity contribution in [2.75, 3.05) is 32.5 Å². The monoisotopic (exact) mass is 451 g/mol. The molecule has 9 heteroatoms. The molecule has 3 rings (SSSR count). The molecule has 2 aromatic carbocycles. The van der Waals surface area contributed by atoms with Gasteiger partial charge in [-0.05, 0) is 36.4 Å². The van der Waals surface area contributed by atoms with E-state index in [1.54, 1.807) is 47.4 Å². The number of methoxy groups -OCH3 is 2. The van der Waals surface area contributed by atoms with Crippen LogP contribution < -0.4 is 9.64 Å². The normalized spacial score (nSPS) is 13.8. The molecule has 2 aromatic rings. The minimum absolute atomic E-state index is 0.0450. The number of halogens is 2. The van der Waals surface area contributed by atoms with Gasteiger partial charge in [-0.15, -0.1) is 0 Å². The molecule has 1 aliphatic rings. The Bertz CT molecular complexity index is 974. The third-order valence-corrected chi connectivity index (χ3v) is 4.98. The van der Waals surface area contributed by atoms with Crippen LogP contribution in [0.2, 0.25) is 10.0 Å². The average Bonchev–Trinajstić information content (AvgIpc) is 2.77. The third-order valence-electron chi connectivity index (χ3n) is 4.39. The summed E-state index contributed by atoms with van der Waals surface area (Å²) in [4.78, 5) is 25.9. The van der Waals surface area contributed by atoms with Crippen LogP contribution in [0.1, 0.15) is 5.56 Å². The van der Waals surface area contributed by atoms with Crippen LogP contribution in [0.4, 0.5) is 5.69 Å². The highest BCUT2D eigenvalue weighted by atomic mass is 35.5. The molecule has 7 nitrogen and oxygen atoms in total. The second-order valence-electron chi connectivity index (χ2n) is 6.23. The fourth-order valence-electron chi connectivity index (χ4n) is 2.87. The molecule has 1 heterocycles. The minimum Gasteiger partial charge on any atom is -0.489 e. The number of esters is 2. The molecule has 0 amide bonds. The van der Waals surface area contributed by atoms with Crippen LogP contribution in [0.3, 0.4) is 0 Å². The number of rotatable bonds is 6. The first kappa shape index (κ1) is 22.0. The molecule has 0 saturated carbocycles. The molecule has 0 unspecified atom stereocenters.